The zero-order valence-corrected chi connectivity index (χ0v) is 10.6. The van der Waals surface area contributed by atoms with E-state index < -0.39 is 0 Å². The van der Waals surface area contributed by atoms with Gasteiger partial charge in [-0.2, -0.15) is 0 Å². The van der Waals surface area contributed by atoms with Crippen molar-refractivity contribution in [2.45, 2.75) is 50.9 Å². The Morgan fingerprint density at radius 1 is 1.00 bits per heavy atom. The first kappa shape index (κ1) is 10.6. The lowest BCUT2D eigenvalue weighted by Gasteiger charge is -2.16. The minimum Gasteiger partial charge on any atom is -0.142 e. The van der Waals surface area contributed by atoms with E-state index in [2.05, 4.69) is 26.1 Å². The Kier molecular flexibility index (Phi) is 3.93. The van der Waals surface area contributed by atoms with Crippen LogP contribution in [-0.4, -0.2) is 10.2 Å². The molecule has 1 fully saturated rings. The van der Waals surface area contributed by atoms with Crippen molar-refractivity contribution in [3.8, 4) is 0 Å². The smallest absolute Gasteiger partial charge is 0.142 e. The van der Waals surface area contributed by atoms with Gasteiger partial charge in [0.15, 0.2) is 3.92 Å². The van der Waals surface area contributed by atoms with Gasteiger partial charge in [0, 0.05) is 5.92 Å². The first-order valence-electron chi connectivity index (χ1n) is 5.35. The van der Waals surface area contributed by atoms with E-state index in [1.54, 1.807) is 11.3 Å². The fourth-order valence-corrected chi connectivity index (χ4v) is 3.40. The molecule has 0 radical (unpaired) electrons. The largest absolute Gasteiger partial charge is 0.183 e. The van der Waals surface area contributed by atoms with Gasteiger partial charge in [-0.25, -0.2) is 0 Å². The van der Waals surface area contributed by atoms with E-state index in [0.717, 1.165) is 3.92 Å². The van der Waals surface area contributed by atoms with Crippen molar-refractivity contribution in [2.75, 3.05) is 0 Å². The molecule has 0 spiro atoms. The van der Waals surface area contributed by atoms with Gasteiger partial charge in [-0.15, -0.1) is 10.2 Å². The summed E-state index contributed by atoms with van der Waals surface area (Å²) in [5.74, 6) is 0.680. The van der Waals surface area contributed by atoms with Crippen LogP contribution >= 0.6 is 27.3 Å². The number of hydrogen-bond donors (Lipinski definition) is 0. The summed E-state index contributed by atoms with van der Waals surface area (Å²) < 4.78 is 0.926. The number of halogens is 1. The van der Waals surface area contributed by atoms with Gasteiger partial charge in [-0.1, -0.05) is 43.4 Å². The summed E-state index contributed by atoms with van der Waals surface area (Å²) in [6, 6.07) is 0. The van der Waals surface area contributed by atoms with Crippen LogP contribution in [0.5, 0.6) is 0 Å². The Morgan fingerprint density at radius 2 is 1.64 bits per heavy atom. The van der Waals surface area contributed by atoms with Gasteiger partial charge in [0.2, 0.25) is 0 Å². The first-order valence-corrected chi connectivity index (χ1v) is 6.96. The zero-order valence-electron chi connectivity index (χ0n) is 8.21. The van der Waals surface area contributed by atoms with Gasteiger partial charge in [-0.05, 0) is 28.8 Å². The quantitative estimate of drug-likeness (QED) is 0.770. The fraction of sp³-hybridized carbons (Fsp3) is 0.800. The van der Waals surface area contributed by atoms with Crippen molar-refractivity contribution in [3.63, 3.8) is 0 Å². The number of nitrogens with zero attached hydrogens (tertiary/aromatic N) is 2. The van der Waals surface area contributed by atoms with Crippen LogP contribution in [0.25, 0.3) is 0 Å². The molecular formula is C10H15BrN2S. The Labute approximate surface area is 97.3 Å². The highest BCUT2D eigenvalue weighted by Crippen LogP contribution is 2.33. The molecule has 0 amide bonds. The summed E-state index contributed by atoms with van der Waals surface area (Å²) in [7, 11) is 0. The van der Waals surface area contributed by atoms with E-state index in [-0.39, 0.29) is 0 Å². The van der Waals surface area contributed by atoms with Crippen LogP contribution in [0.15, 0.2) is 3.92 Å². The molecule has 4 heteroatoms. The average Bonchev–Trinajstić information content (AvgIpc) is 2.51. The van der Waals surface area contributed by atoms with Crippen molar-refractivity contribution in [2.24, 2.45) is 0 Å². The van der Waals surface area contributed by atoms with Gasteiger partial charge in [0.1, 0.15) is 5.01 Å². The van der Waals surface area contributed by atoms with Gasteiger partial charge in [-0.3, -0.25) is 0 Å². The molecule has 0 atom stereocenters. The molecule has 0 saturated heterocycles. The summed E-state index contributed by atoms with van der Waals surface area (Å²) in [6.45, 7) is 0. The van der Waals surface area contributed by atoms with Gasteiger partial charge in [0.25, 0.3) is 0 Å². The van der Waals surface area contributed by atoms with Crippen molar-refractivity contribution < 1.29 is 0 Å². The maximum atomic E-state index is 4.23. The van der Waals surface area contributed by atoms with Crippen molar-refractivity contribution in [1.29, 1.82) is 0 Å². The third-order valence-electron chi connectivity index (χ3n) is 2.87. The monoisotopic (exact) mass is 274 g/mol. The molecule has 0 aromatic carbocycles. The molecule has 1 heterocycles. The van der Waals surface area contributed by atoms with E-state index in [9.17, 15) is 0 Å². The summed E-state index contributed by atoms with van der Waals surface area (Å²) in [5.41, 5.74) is 0. The first-order chi connectivity index (χ1) is 6.86. The minimum atomic E-state index is 0.680. The minimum absolute atomic E-state index is 0.680. The molecule has 0 aliphatic heterocycles. The molecule has 1 aliphatic carbocycles. The Hall–Kier alpha value is 0.0400. The highest BCUT2D eigenvalue weighted by atomic mass is 79.9. The molecule has 14 heavy (non-hydrogen) atoms. The highest BCUT2D eigenvalue weighted by Gasteiger charge is 2.17. The van der Waals surface area contributed by atoms with E-state index in [1.807, 2.05) is 0 Å². The summed E-state index contributed by atoms with van der Waals surface area (Å²) in [5, 5.41) is 9.50. The summed E-state index contributed by atoms with van der Waals surface area (Å²) >= 11 is 5.08. The molecule has 78 valence electrons. The van der Waals surface area contributed by atoms with E-state index >= 15 is 0 Å². The Morgan fingerprint density at radius 3 is 2.21 bits per heavy atom. The molecule has 1 aromatic rings. The highest BCUT2D eigenvalue weighted by molar-refractivity contribution is 9.11. The molecule has 2 rings (SSSR count). The maximum Gasteiger partial charge on any atom is 0.183 e. The lowest BCUT2D eigenvalue weighted by atomic mass is 9.92. The second-order valence-corrected chi connectivity index (χ2v) is 6.22. The SMILES string of the molecule is Brc1nnc(C2CCCCCCC2)s1. The van der Waals surface area contributed by atoms with Crippen LogP contribution in [0.3, 0.4) is 0 Å². The predicted molar refractivity (Wildman–Crippen MR) is 62.7 cm³/mol. The van der Waals surface area contributed by atoms with Crippen molar-refractivity contribution in [3.05, 3.63) is 8.92 Å². The van der Waals surface area contributed by atoms with E-state index in [0.29, 0.717) is 5.92 Å². The zero-order chi connectivity index (χ0) is 9.80. The third-order valence-corrected chi connectivity index (χ3v) is 4.39. The third kappa shape index (κ3) is 2.76. The van der Waals surface area contributed by atoms with Crippen LogP contribution in [0.1, 0.15) is 55.9 Å². The Balaban J connectivity index is 2.00. The predicted octanol–water partition coefficient (Wildman–Crippen LogP) is 4.13. The Bertz CT molecular complexity index is 279. The molecule has 1 saturated carbocycles. The van der Waals surface area contributed by atoms with Gasteiger partial charge < -0.3 is 0 Å². The maximum absolute atomic E-state index is 4.23. The normalized spacial score (nSPS) is 20.4. The molecule has 0 bridgehead atoms. The topological polar surface area (TPSA) is 25.8 Å². The lowest BCUT2D eigenvalue weighted by Crippen LogP contribution is -2.01. The van der Waals surface area contributed by atoms with Crippen LogP contribution in [0, 0.1) is 0 Å². The number of rotatable bonds is 1. The molecular weight excluding hydrogens is 260 g/mol. The van der Waals surface area contributed by atoms with E-state index in [1.165, 1.54) is 50.0 Å². The van der Waals surface area contributed by atoms with Crippen molar-refractivity contribution >= 4 is 27.3 Å². The van der Waals surface area contributed by atoms with Crippen LogP contribution in [0.4, 0.5) is 0 Å². The van der Waals surface area contributed by atoms with Crippen molar-refractivity contribution in [1.82, 2.24) is 10.2 Å². The summed E-state index contributed by atoms with van der Waals surface area (Å²) in [6.07, 6.45) is 9.56. The second kappa shape index (κ2) is 5.21. The molecule has 1 aromatic heterocycles. The van der Waals surface area contributed by atoms with Gasteiger partial charge >= 0.3 is 0 Å². The number of hydrogen-bond acceptors (Lipinski definition) is 3. The summed E-state index contributed by atoms with van der Waals surface area (Å²) in [4.78, 5) is 0. The van der Waals surface area contributed by atoms with Gasteiger partial charge in [0.05, 0.1) is 0 Å². The molecule has 0 N–H and O–H groups in total. The van der Waals surface area contributed by atoms with Crippen LogP contribution < -0.4 is 0 Å². The fourth-order valence-electron chi connectivity index (χ4n) is 2.08. The van der Waals surface area contributed by atoms with E-state index in [4.69, 9.17) is 0 Å². The molecule has 2 nitrogen and oxygen atoms in total. The van der Waals surface area contributed by atoms with Crippen LogP contribution in [-0.2, 0) is 0 Å². The number of aromatic nitrogens is 2. The standard InChI is InChI=1S/C10H15BrN2S/c11-10-13-12-9(14-10)8-6-4-2-1-3-5-7-8/h8H,1-7H2. The second-order valence-electron chi connectivity index (χ2n) is 3.94. The average molecular weight is 275 g/mol. The lowest BCUT2D eigenvalue weighted by molar-refractivity contribution is 0.453. The van der Waals surface area contributed by atoms with Crippen LogP contribution in [0.2, 0.25) is 0 Å². The molecule has 1 aliphatic rings. The molecule has 0 unspecified atom stereocenters.